The van der Waals surface area contributed by atoms with Gasteiger partial charge in [0.05, 0.1) is 4.47 Å². The molecule has 5 nitrogen and oxygen atoms in total. The summed E-state index contributed by atoms with van der Waals surface area (Å²) in [6.07, 6.45) is 4.45. The monoisotopic (exact) mass is 299 g/mol. The highest BCUT2D eigenvalue weighted by Crippen LogP contribution is 2.25. The Bertz CT molecular complexity index is 380. The third-order valence-electron chi connectivity index (χ3n) is 2.89. The summed E-state index contributed by atoms with van der Waals surface area (Å²) in [6, 6.07) is 0.804. The maximum atomic E-state index is 4.35. The molecule has 6 heteroatoms. The molecule has 0 radical (unpaired) electrons. The summed E-state index contributed by atoms with van der Waals surface area (Å²) < 4.78 is 0.894. The van der Waals surface area contributed by atoms with Crippen molar-refractivity contribution in [2.24, 2.45) is 0 Å². The summed E-state index contributed by atoms with van der Waals surface area (Å²) >= 11 is 3.44. The van der Waals surface area contributed by atoms with Crippen LogP contribution < -0.4 is 10.6 Å². The zero-order chi connectivity index (χ0) is 12.3. The lowest BCUT2D eigenvalue weighted by atomic mass is 10.5. The molecule has 0 spiro atoms. The van der Waals surface area contributed by atoms with Crippen molar-refractivity contribution in [2.45, 2.75) is 18.9 Å². The van der Waals surface area contributed by atoms with E-state index in [0.717, 1.165) is 29.4 Å². The molecular formula is C11H18BrN5. The second-order valence-electron chi connectivity index (χ2n) is 4.28. The predicted octanol–water partition coefficient (Wildman–Crippen LogP) is 1.79. The van der Waals surface area contributed by atoms with Crippen molar-refractivity contribution in [3.05, 3.63) is 10.7 Å². The van der Waals surface area contributed by atoms with E-state index in [4.69, 9.17) is 0 Å². The van der Waals surface area contributed by atoms with Crippen LogP contribution in [-0.2, 0) is 0 Å². The van der Waals surface area contributed by atoms with E-state index in [1.54, 1.807) is 6.20 Å². The highest BCUT2D eigenvalue weighted by atomic mass is 79.9. The van der Waals surface area contributed by atoms with E-state index in [2.05, 4.69) is 48.5 Å². The molecule has 1 saturated carbocycles. The summed E-state index contributed by atoms with van der Waals surface area (Å²) in [5.41, 5.74) is 0. The Balaban J connectivity index is 1.84. The van der Waals surface area contributed by atoms with Gasteiger partial charge in [0.15, 0.2) is 0 Å². The van der Waals surface area contributed by atoms with Crippen LogP contribution >= 0.6 is 15.9 Å². The first-order chi connectivity index (χ1) is 8.20. The minimum absolute atomic E-state index is 0.631. The summed E-state index contributed by atoms with van der Waals surface area (Å²) in [6.45, 7) is 1.93. The van der Waals surface area contributed by atoms with Crippen molar-refractivity contribution in [3.63, 3.8) is 0 Å². The number of nitrogens with zero attached hydrogens (tertiary/aromatic N) is 3. The molecule has 0 amide bonds. The lowest BCUT2D eigenvalue weighted by molar-refractivity contribution is 0.337. The lowest BCUT2D eigenvalue weighted by Crippen LogP contribution is -2.27. The quantitative estimate of drug-likeness (QED) is 0.839. The smallest absolute Gasteiger partial charge is 0.224 e. The van der Waals surface area contributed by atoms with Crippen LogP contribution in [0, 0.1) is 0 Å². The SMILES string of the molecule is CNc1ncc(Br)c(NCCN(C)C2CC2)n1. The van der Waals surface area contributed by atoms with Crippen LogP contribution in [-0.4, -0.2) is 48.1 Å². The van der Waals surface area contributed by atoms with Gasteiger partial charge in [-0.3, -0.25) is 0 Å². The zero-order valence-corrected chi connectivity index (χ0v) is 11.8. The Labute approximate surface area is 110 Å². The predicted molar refractivity (Wildman–Crippen MR) is 73.4 cm³/mol. The van der Waals surface area contributed by atoms with E-state index in [9.17, 15) is 0 Å². The van der Waals surface area contributed by atoms with Crippen molar-refractivity contribution in [1.29, 1.82) is 0 Å². The number of aromatic nitrogens is 2. The third-order valence-corrected chi connectivity index (χ3v) is 3.48. The van der Waals surface area contributed by atoms with E-state index >= 15 is 0 Å². The molecule has 1 aliphatic carbocycles. The van der Waals surface area contributed by atoms with Crippen molar-refractivity contribution in [3.8, 4) is 0 Å². The summed E-state index contributed by atoms with van der Waals surface area (Å²) in [4.78, 5) is 10.9. The largest absolute Gasteiger partial charge is 0.368 e. The molecule has 2 rings (SSSR count). The molecule has 0 aliphatic heterocycles. The normalized spacial score (nSPS) is 15.1. The van der Waals surface area contributed by atoms with Crippen molar-refractivity contribution < 1.29 is 0 Å². The molecule has 94 valence electrons. The number of hydrogen-bond donors (Lipinski definition) is 2. The zero-order valence-electron chi connectivity index (χ0n) is 10.2. The number of rotatable bonds is 6. The van der Waals surface area contributed by atoms with Crippen LogP contribution in [0.4, 0.5) is 11.8 Å². The molecule has 1 aliphatic rings. The van der Waals surface area contributed by atoms with Gasteiger partial charge >= 0.3 is 0 Å². The molecular weight excluding hydrogens is 282 g/mol. The molecule has 2 N–H and O–H groups in total. The average molecular weight is 300 g/mol. The average Bonchev–Trinajstić information content (AvgIpc) is 3.15. The third kappa shape index (κ3) is 3.54. The van der Waals surface area contributed by atoms with Gasteiger partial charge in [-0.25, -0.2) is 4.98 Å². The second kappa shape index (κ2) is 5.64. The Morgan fingerprint density at radius 1 is 1.53 bits per heavy atom. The fraction of sp³-hybridized carbons (Fsp3) is 0.636. The van der Waals surface area contributed by atoms with Gasteiger partial charge in [0, 0.05) is 32.4 Å². The van der Waals surface area contributed by atoms with Gasteiger partial charge in [0.2, 0.25) is 5.95 Å². The number of halogens is 1. The maximum Gasteiger partial charge on any atom is 0.224 e. The maximum absolute atomic E-state index is 4.35. The molecule has 0 unspecified atom stereocenters. The first-order valence-corrected chi connectivity index (χ1v) is 6.64. The molecule has 1 heterocycles. The van der Waals surface area contributed by atoms with Crippen molar-refractivity contribution in [2.75, 3.05) is 37.8 Å². The van der Waals surface area contributed by atoms with Gasteiger partial charge in [-0.05, 0) is 35.8 Å². The van der Waals surface area contributed by atoms with Crippen LogP contribution in [0.25, 0.3) is 0 Å². The Morgan fingerprint density at radius 2 is 2.29 bits per heavy atom. The molecule has 1 fully saturated rings. The number of likely N-dealkylation sites (N-methyl/N-ethyl adjacent to an activating group) is 1. The van der Waals surface area contributed by atoms with Gasteiger partial charge in [-0.2, -0.15) is 4.98 Å². The molecule has 0 bridgehead atoms. The van der Waals surface area contributed by atoms with Crippen molar-refractivity contribution in [1.82, 2.24) is 14.9 Å². The van der Waals surface area contributed by atoms with E-state index in [-0.39, 0.29) is 0 Å². The standard InChI is InChI=1S/C11H18BrN5/c1-13-11-15-7-9(12)10(16-11)14-5-6-17(2)8-3-4-8/h7-8H,3-6H2,1-2H3,(H2,13,14,15,16). The molecule has 17 heavy (non-hydrogen) atoms. The first-order valence-electron chi connectivity index (χ1n) is 5.85. The second-order valence-corrected chi connectivity index (χ2v) is 5.13. The molecule has 0 saturated heterocycles. The first kappa shape index (κ1) is 12.6. The van der Waals surface area contributed by atoms with Crippen LogP contribution in [0.1, 0.15) is 12.8 Å². The van der Waals surface area contributed by atoms with Gasteiger partial charge in [0.1, 0.15) is 5.82 Å². The molecule has 1 aromatic rings. The van der Waals surface area contributed by atoms with Gasteiger partial charge in [-0.1, -0.05) is 0 Å². The van der Waals surface area contributed by atoms with Crippen LogP contribution in [0.15, 0.2) is 10.7 Å². The molecule has 1 aromatic heterocycles. The highest BCUT2D eigenvalue weighted by molar-refractivity contribution is 9.10. The number of hydrogen-bond acceptors (Lipinski definition) is 5. The van der Waals surface area contributed by atoms with E-state index in [1.807, 2.05) is 7.05 Å². The van der Waals surface area contributed by atoms with E-state index < -0.39 is 0 Å². The Morgan fingerprint density at radius 3 is 2.94 bits per heavy atom. The summed E-state index contributed by atoms with van der Waals surface area (Å²) in [5, 5.41) is 6.25. The van der Waals surface area contributed by atoms with Gasteiger partial charge in [0.25, 0.3) is 0 Å². The van der Waals surface area contributed by atoms with Crippen LogP contribution in [0.5, 0.6) is 0 Å². The number of anilines is 2. The minimum Gasteiger partial charge on any atom is -0.368 e. The fourth-order valence-corrected chi connectivity index (χ4v) is 1.99. The highest BCUT2D eigenvalue weighted by Gasteiger charge is 2.25. The van der Waals surface area contributed by atoms with Crippen LogP contribution in [0.2, 0.25) is 0 Å². The van der Waals surface area contributed by atoms with Crippen molar-refractivity contribution >= 4 is 27.7 Å². The topological polar surface area (TPSA) is 53.1 Å². The van der Waals surface area contributed by atoms with Crippen LogP contribution in [0.3, 0.4) is 0 Å². The van der Waals surface area contributed by atoms with E-state index in [1.165, 1.54) is 12.8 Å². The summed E-state index contributed by atoms with van der Waals surface area (Å²) in [7, 11) is 3.99. The van der Waals surface area contributed by atoms with E-state index in [0.29, 0.717) is 5.95 Å². The minimum atomic E-state index is 0.631. The lowest BCUT2D eigenvalue weighted by Gasteiger charge is -2.16. The number of nitrogens with one attached hydrogen (secondary N) is 2. The molecule has 0 aromatic carbocycles. The van der Waals surface area contributed by atoms with Gasteiger partial charge < -0.3 is 15.5 Å². The molecule has 0 atom stereocenters. The fourth-order valence-electron chi connectivity index (χ4n) is 1.66. The van der Waals surface area contributed by atoms with Gasteiger partial charge in [-0.15, -0.1) is 0 Å². The Hall–Kier alpha value is -0.880. The summed E-state index contributed by atoms with van der Waals surface area (Å²) in [5.74, 6) is 1.47. The Kier molecular flexibility index (Phi) is 4.17.